The Labute approximate surface area is 99.9 Å². The van der Waals surface area contributed by atoms with Gasteiger partial charge in [-0.05, 0) is 30.0 Å². The summed E-state index contributed by atoms with van der Waals surface area (Å²) >= 11 is 3.36. The van der Waals surface area contributed by atoms with Crippen molar-refractivity contribution >= 4 is 21.6 Å². The zero-order valence-electron chi connectivity index (χ0n) is 9.51. The summed E-state index contributed by atoms with van der Waals surface area (Å²) in [5.74, 6) is 0.766. The molecular weight excluding hydrogens is 254 g/mol. The number of nitrogen functional groups attached to an aromatic ring is 1. The van der Waals surface area contributed by atoms with Gasteiger partial charge in [-0.25, -0.2) is 0 Å². The maximum atomic E-state index is 5.82. The van der Waals surface area contributed by atoms with Gasteiger partial charge in [0.05, 0.1) is 12.3 Å². The maximum absolute atomic E-state index is 5.82. The van der Waals surface area contributed by atoms with E-state index in [1.54, 1.807) is 0 Å². The Hall–Kier alpha value is -0.700. The third-order valence-electron chi connectivity index (χ3n) is 2.08. The molecule has 0 aliphatic carbocycles. The molecule has 0 heterocycles. The van der Waals surface area contributed by atoms with Crippen LogP contribution >= 0.6 is 15.9 Å². The molecule has 0 atom stereocenters. The van der Waals surface area contributed by atoms with Gasteiger partial charge >= 0.3 is 0 Å². The van der Waals surface area contributed by atoms with E-state index in [0.717, 1.165) is 16.6 Å². The van der Waals surface area contributed by atoms with E-state index in [1.807, 2.05) is 18.2 Å². The van der Waals surface area contributed by atoms with Gasteiger partial charge in [0.2, 0.25) is 0 Å². The number of hydrogen-bond acceptors (Lipinski definition) is 2. The first-order valence-corrected chi connectivity index (χ1v) is 5.86. The van der Waals surface area contributed by atoms with Crippen molar-refractivity contribution in [1.29, 1.82) is 0 Å². The molecule has 0 amide bonds. The van der Waals surface area contributed by atoms with Gasteiger partial charge in [-0.3, -0.25) is 0 Å². The first kappa shape index (κ1) is 12.4. The zero-order chi connectivity index (χ0) is 11.5. The highest BCUT2D eigenvalue weighted by atomic mass is 79.9. The lowest BCUT2D eigenvalue weighted by Crippen LogP contribution is -2.11. The number of nitrogens with two attached hydrogens (primary N) is 1. The molecule has 0 aliphatic rings. The largest absolute Gasteiger partial charge is 0.491 e. The normalized spacial score (nSPS) is 11.5. The van der Waals surface area contributed by atoms with Gasteiger partial charge in [0.25, 0.3) is 0 Å². The van der Waals surface area contributed by atoms with Gasteiger partial charge in [-0.1, -0.05) is 36.7 Å². The van der Waals surface area contributed by atoms with Crippen molar-refractivity contribution in [1.82, 2.24) is 0 Å². The Morgan fingerprint density at radius 1 is 1.33 bits per heavy atom. The van der Waals surface area contributed by atoms with E-state index in [-0.39, 0.29) is 0 Å². The fourth-order valence-corrected chi connectivity index (χ4v) is 1.50. The molecule has 0 unspecified atom stereocenters. The number of anilines is 1. The van der Waals surface area contributed by atoms with Gasteiger partial charge in [0, 0.05) is 4.47 Å². The van der Waals surface area contributed by atoms with E-state index < -0.39 is 0 Å². The topological polar surface area (TPSA) is 35.2 Å². The van der Waals surface area contributed by atoms with Crippen LogP contribution in [0.2, 0.25) is 0 Å². The summed E-state index contributed by atoms with van der Waals surface area (Å²) in [6, 6.07) is 5.68. The van der Waals surface area contributed by atoms with Crippen LogP contribution in [0.4, 0.5) is 5.69 Å². The lowest BCUT2D eigenvalue weighted by atomic mass is 9.93. The van der Waals surface area contributed by atoms with Gasteiger partial charge < -0.3 is 10.5 Å². The minimum atomic E-state index is 0.296. The molecule has 0 fully saturated rings. The molecule has 84 valence electrons. The summed E-state index contributed by atoms with van der Waals surface area (Å²) in [6.45, 7) is 7.29. The average Bonchev–Trinajstić information content (AvgIpc) is 2.07. The Morgan fingerprint density at radius 2 is 2.00 bits per heavy atom. The van der Waals surface area contributed by atoms with Gasteiger partial charge in [0.1, 0.15) is 5.75 Å². The molecule has 1 aromatic rings. The molecule has 0 aliphatic heterocycles. The van der Waals surface area contributed by atoms with Crippen LogP contribution in [-0.4, -0.2) is 6.61 Å². The summed E-state index contributed by atoms with van der Waals surface area (Å²) in [7, 11) is 0. The highest BCUT2D eigenvalue weighted by Crippen LogP contribution is 2.26. The first-order valence-electron chi connectivity index (χ1n) is 5.06. The van der Waals surface area contributed by atoms with E-state index in [0.29, 0.717) is 17.7 Å². The molecule has 2 N–H and O–H groups in total. The van der Waals surface area contributed by atoms with Crippen LogP contribution in [0.3, 0.4) is 0 Å². The lowest BCUT2D eigenvalue weighted by molar-refractivity contribution is 0.244. The molecule has 0 radical (unpaired) electrons. The summed E-state index contributed by atoms with van der Waals surface area (Å²) in [4.78, 5) is 0. The lowest BCUT2D eigenvalue weighted by Gasteiger charge is -2.18. The number of halogens is 1. The third kappa shape index (κ3) is 4.56. The summed E-state index contributed by atoms with van der Waals surface area (Å²) in [5.41, 5.74) is 6.79. The quantitative estimate of drug-likeness (QED) is 0.848. The molecule has 0 saturated heterocycles. The van der Waals surface area contributed by atoms with Gasteiger partial charge in [-0.15, -0.1) is 0 Å². The van der Waals surface area contributed by atoms with Crippen LogP contribution in [0.15, 0.2) is 22.7 Å². The predicted molar refractivity (Wildman–Crippen MR) is 68.1 cm³/mol. The van der Waals surface area contributed by atoms with Crippen LogP contribution in [0, 0.1) is 5.41 Å². The number of rotatable bonds is 3. The van der Waals surface area contributed by atoms with E-state index in [1.165, 1.54) is 0 Å². The molecule has 1 aromatic carbocycles. The van der Waals surface area contributed by atoms with Crippen molar-refractivity contribution in [2.45, 2.75) is 27.2 Å². The standard InChI is InChI=1S/C12H18BrNO/c1-12(2,3)6-7-15-11-5-4-9(13)8-10(11)14/h4-5,8H,6-7,14H2,1-3H3. The van der Waals surface area contributed by atoms with Crippen LogP contribution in [0.1, 0.15) is 27.2 Å². The minimum Gasteiger partial charge on any atom is -0.491 e. The fraction of sp³-hybridized carbons (Fsp3) is 0.500. The van der Waals surface area contributed by atoms with Crippen molar-refractivity contribution in [3.05, 3.63) is 22.7 Å². The second-order valence-electron chi connectivity index (χ2n) is 4.84. The van der Waals surface area contributed by atoms with E-state index in [2.05, 4.69) is 36.7 Å². The van der Waals surface area contributed by atoms with Crippen LogP contribution in [-0.2, 0) is 0 Å². The Balaban J connectivity index is 2.51. The highest BCUT2D eigenvalue weighted by molar-refractivity contribution is 9.10. The summed E-state index contributed by atoms with van der Waals surface area (Å²) in [6.07, 6.45) is 1.02. The SMILES string of the molecule is CC(C)(C)CCOc1ccc(Br)cc1N. The zero-order valence-corrected chi connectivity index (χ0v) is 11.1. The summed E-state index contributed by atoms with van der Waals surface area (Å²) < 4.78 is 6.60. The second-order valence-corrected chi connectivity index (χ2v) is 5.76. The molecule has 15 heavy (non-hydrogen) atoms. The van der Waals surface area contributed by atoms with Crippen molar-refractivity contribution < 1.29 is 4.74 Å². The van der Waals surface area contributed by atoms with Gasteiger partial charge in [-0.2, -0.15) is 0 Å². The smallest absolute Gasteiger partial charge is 0.142 e. The minimum absolute atomic E-state index is 0.296. The molecule has 0 aromatic heterocycles. The van der Waals surface area contributed by atoms with Crippen molar-refractivity contribution in [3.8, 4) is 5.75 Å². The molecule has 0 saturated carbocycles. The number of ether oxygens (including phenoxy) is 1. The summed E-state index contributed by atoms with van der Waals surface area (Å²) in [5, 5.41) is 0. The van der Waals surface area contributed by atoms with Gasteiger partial charge in [0.15, 0.2) is 0 Å². The van der Waals surface area contributed by atoms with Crippen LogP contribution in [0.25, 0.3) is 0 Å². The Morgan fingerprint density at radius 3 is 2.53 bits per heavy atom. The molecule has 0 spiro atoms. The molecule has 2 nitrogen and oxygen atoms in total. The van der Waals surface area contributed by atoms with Crippen molar-refractivity contribution in [2.75, 3.05) is 12.3 Å². The van der Waals surface area contributed by atoms with Crippen molar-refractivity contribution in [3.63, 3.8) is 0 Å². The number of hydrogen-bond donors (Lipinski definition) is 1. The van der Waals surface area contributed by atoms with Crippen LogP contribution < -0.4 is 10.5 Å². The Bertz CT molecular complexity index is 331. The predicted octanol–water partition coefficient (Wildman–Crippen LogP) is 3.85. The Kier molecular flexibility index (Phi) is 4.03. The maximum Gasteiger partial charge on any atom is 0.142 e. The first-order chi connectivity index (χ1) is 6.88. The molecular formula is C12H18BrNO. The highest BCUT2D eigenvalue weighted by Gasteiger charge is 2.10. The van der Waals surface area contributed by atoms with E-state index in [9.17, 15) is 0 Å². The second kappa shape index (κ2) is 4.88. The van der Waals surface area contributed by atoms with Crippen molar-refractivity contribution in [2.24, 2.45) is 5.41 Å². The molecule has 0 bridgehead atoms. The van der Waals surface area contributed by atoms with E-state index >= 15 is 0 Å². The average molecular weight is 272 g/mol. The number of benzene rings is 1. The monoisotopic (exact) mass is 271 g/mol. The van der Waals surface area contributed by atoms with E-state index in [4.69, 9.17) is 10.5 Å². The third-order valence-corrected chi connectivity index (χ3v) is 2.57. The molecule has 1 rings (SSSR count). The molecule has 3 heteroatoms. The fourth-order valence-electron chi connectivity index (χ4n) is 1.12. The van der Waals surface area contributed by atoms with Crippen LogP contribution in [0.5, 0.6) is 5.75 Å².